The lowest BCUT2D eigenvalue weighted by molar-refractivity contribution is -0.127. The van der Waals surface area contributed by atoms with Gasteiger partial charge in [-0.15, -0.1) is 0 Å². The van der Waals surface area contributed by atoms with Crippen molar-refractivity contribution >= 4 is 29.1 Å². The fourth-order valence-corrected chi connectivity index (χ4v) is 5.73. The summed E-state index contributed by atoms with van der Waals surface area (Å²) in [5.41, 5.74) is 0.0121. The van der Waals surface area contributed by atoms with Crippen molar-refractivity contribution in [2.24, 2.45) is 11.8 Å². The Morgan fingerprint density at radius 3 is 1.94 bits per heavy atom. The van der Waals surface area contributed by atoms with Crippen molar-refractivity contribution in [1.29, 1.82) is 0 Å². The van der Waals surface area contributed by atoms with E-state index < -0.39 is 52.7 Å². The number of carbonyl (C=O) groups excluding carboxylic acids is 4. The number of nitrogens with zero attached hydrogens (tertiary/aromatic N) is 1. The molecule has 6 nitrogen and oxygen atoms in total. The predicted molar refractivity (Wildman–Crippen MR) is 128 cm³/mol. The van der Waals surface area contributed by atoms with Crippen molar-refractivity contribution in [2.45, 2.75) is 31.5 Å². The zero-order valence-corrected chi connectivity index (χ0v) is 19.6. The normalized spacial score (nSPS) is 24.2. The lowest BCUT2D eigenvalue weighted by atomic mass is 9.77. The van der Waals surface area contributed by atoms with Gasteiger partial charge in [0, 0.05) is 11.1 Å². The first-order chi connectivity index (χ1) is 17.3. The van der Waals surface area contributed by atoms with Crippen molar-refractivity contribution in [3.63, 3.8) is 0 Å². The van der Waals surface area contributed by atoms with Gasteiger partial charge in [-0.2, -0.15) is 0 Å². The summed E-state index contributed by atoms with van der Waals surface area (Å²) in [6, 6.07) is 18.7. The Morgan fingerprint density at radius 1 is 0.806 bits per heavy atom. The highest BCUT2D eigenvalue weighted by Crippen LogP contribution is 2.57. The van der Waals surface area contributed by atoms with E-state index in [4.69, 9.17) is 4.74 Å². The lowest BCUT2D eigenvalue weighted by Gasteiger charge is -2.27. The van der Waals surface area contributed by atoms with Gasteiger partial charge in [0.25, 0.3) is 0 Å². The Bertz CT molecular complexity index is 1410. The van der Waals surface area contributed by atoms with Crippen LogP contribution in [0.5, 0.6) is 0 Å². The van der Waals surface area contributed by atoms with Gasteiger partial charge in [-0.05, 0) is 41.3 Å². The minimum Gasteiger partial charge on any atom is -0.349 e. The molecule has 3 aliphatic rings. The molecule has 0 saturated carbocycles. The fraction of sp³-hybridized carbons (Fsp3) is 0.241. The van der Waals surface area contributed by atoms with Crippen LogP contribution < -0.4 is 4.90 Å². The third kappa shape index (κ3) is 2.86. The number of rotatable bonds is 3. The minimum absolute atomic E-state index is 0.168. The third-order valence-electron chi connectivity index (χ3n) is 7.54. The first-order valence-corrected chi connectivity index (χ1v) is 11.9. The molecule has 2 saturated heterocycles. The summed E-state index contributed by atoms with van der Waals surface area (Å²) < 4.78 is 19.9. The molecular formula is C29H22FNO5. The zero-order chi connectivity index (χ0) is 25.4. The summed E-state index contributed by atoms with van der Waals surface area (Å²) in [5.74, 6) is -5.13. The molecule has 0 aromatic heterocycles. The molecule has 0 bridgehead atoms. The van der Waals surface area contributed by atoms with Crippen molar-refractivity contribution in [3.8, 4) is 0 Å². The number of hydrogen-bond acceptors (Lipinski definition) is 5. The Balaban J connectivity index is 1.51. The molecule has 180 valence electrons. The molecule has 2 heterocycles. The molecule has 1 aliphatic carbocycles. The largest absolute Gasteiger partial charge is 0.349 e. The van der Waals surface area contributed by atoms with Crippen molar-refractivity contribution in [2.75, 3.05) is 4.90 Å². The summed E-state index contributed by atoms with van der Waals surface area (Å²) in [7, 11) is 0. The van der Waals surface area contributed by atoms with Gasteiger partial charge >= 0.3 is 0 Å². The second-order valence-electron chi connectivity index (χ2n) is 9.79. The number of halogens is 1. The van der Waals surface area contributed by atoms with Crippen LogP contribution in [0, 0.1) is 17.7 Å². The minimum atomic E-state index is -2.15. The van der Waals surface area contributed by atoms with Crippen LogP contribution in [0.25, 0.3) is 0 Å². The molecule has 7 heteroatoms. The van der Waals surface area contributed by atoms with Crippen LogP contribution in [-0.4, -0.2) is 29.0 Å². The Morgan fingerprint density at radius 2 is 1.39 bits per heavy atom. The maximum absolute atomic E-state index is 13.9. The molecule has 6 rings (SSSR count). The molecule has 1 spiro atoms. The molecule has 2 fully saturated rings. The third-order valence-corrected chi connectivity index (χ3v) is 7.54. The highest BCUT2D eigenvalue weighted by atomic mass is 19.1. The van der Waals surface area contributed by atoms with Crippen LogP contribution in [0.3, 0.4) is 0 Å². The summed E-state index contributed by atoms with van der Waals surface area (Å²) >= 11 is 0. The quantitative estimate of drug-likeness (QED) is 0.400. The van der Waals surface area contributed by atoms with Gasteiger partial charge in [-0.3, -0.25) is 19.2 Å². The number of ketones is 2. The van der Waals surface area contributed by atoms with Gasteiger partial charge in [-0.1, -0.05) is 62.4 Å². The van der Waals surface area contributed by atoms with E-state index in [9.17, 15) is 23.6 Å². The van der Waals surface area contributed by atoms with Crippen molar-refractivity contribution in [3.05, 3.63) is 101 Å². The standard InChI is InChI=1S/C29H22FNO5/c1-15(2)16-9-13-19(14-10-16)31-27(34)22-23(28(31)35)29(36-24(22)17-7-11-18(30)12-8-17)25(32)20-5-3-4-6-21(20)26(29)33/h3-15,22-24H,1-2H3. The van der Waals surface area contributed by atoms with E-state index in [1.807, 2.05) is 26.0 Å². The average Bonchev–Trinajstić information content (AvgIpc) is 3.44. The van der Waals surface area contributed by atoms with Crippen molar-refractivity contribution < 1.29 is 28.3 Å². The number of anilines is 1. The first kappa shape index (κ1) is 22.5. The Labute approximate surface area is 206 Å². The van der Waals surface area contributed by atoms with E-state index in [-0.39, 0.29) is 17.0 Å². The number of amides is 2. The molecule has 3 unspecified atom stereocenters. The van der Waals surface area contributed by atoms with Crippen molar-refractivity contribution in [1.82, 2.24) is 0 Å². The monoisotopic (exact) mass is 483 g/mol. The van der Waals surface area contributed by atoms with E-state index in [0.29, 0.717) is 11.3 Å². The second kappa shape index (κ2) is 7.77. The summed E-state index contributed by atoms with van der Waals surface area (Å²) in [6.45, 7) is 4.07. The molecule has 2 aliphatic heterocycles. The Hall–Kier alpha value is -3.97. The molecule has 3 aromatic rings. The van der Waals surface area contributed by atoms with Gasteiger partial charge in [0.15, 0.2) is 0 Å². The number of Topliss-reactive ketones (excluding diaryl/α,β-unsaturated/α-hetero) is 2. The number of ether oxygens (including phenoxy) is 1. The van der Waals surface area contributed by atoms with E-state index in [1.54, 1.807) is 24.3 Å². The van der Waals surface area contributed by atoms with E-state index in [2.05, 4.69) is 0 Å². The second-order valence-corrected chi connectivity index (χ2v) is 9.79. The highest BCUT2D eigenvalue weighted by molar-refractivity contribution is 6.37. The number of carbonyl (C=O) groups is 4. The van der Waals surface area contributed by atoms with Crippen LogP contribution in [-0.2, 0) is 14.3 Å². The number of hydrogen-bond donors (Lipinski definition) is 0. The summed E-state index contributed by atoms with van der Waals surface area (Å²) in [4.78, 5) is 56.3. The van der Waals surface area contributed by atoms with Crippen LogP contribution in [0.15, 0.2) is 72.8 Å². The number of benzene rings is 3. The SMILES string of the molecule is CC(C)c1ccc(N2C(=O)C3C(c4ccc(F)cc4)OC4(C(=O)c5ccccc5C4=O)C3C2=O)cc1. The van der Waals surface area contributed by atoms with E-state index >= 15 is 0 Å². The van der Waals surface area contributed by atoms with Gasteiger partial charge < -0.3 is 4.74 Å². The zero-order valence-electron chi connectivity index (χ0n) is 19.6. The van der Waals surface area contributed by atoms with Crippen LogP contribution in [0.2, 0.25) is 0 Å². The average molecular weight is 483 g/mol. The van der Waals surface area contributed by atoms with Crippen LogP contribution in [0.1, 0.15) is 57.7 Å². The topological polar surface area (TPSA) is 80.8 Å². The molecule has 3 aromatic carbocycles. The van der Waals surface area contributed by atoms with Gasteiger partial charge in [0.2, 0.25) is 29.0 Å². The Kier molecular flexibility index (Phi) is 4.85. The summed E-state index contributed by atoms with van der Waals surface area (Å²) in [5, 5.41) is 0. The highest BCUT2D eigenvalue weighted by Gasteiger charge is 2.74. The maximum Gasteiger partial charge on any atom is 0.241 e. The van der Waals surface area contributed by atoms with E-state index in [1.165, 1.54) is 36.4 Å². The molecular weight excluding hydrogens is 461 g/mol. The maximum atomic E-state index is 13.9. The molecule has 3 atom stereocenters. The summed E-state index contributed by atoms with van der Waals surface area (Å²) in [6.07, 6.45) is -1.07. The van der Waals surface area contributed by atoms with Crippen LogP contribution in [0.4, 0.5) is 10.1 Å². The smallest absolute Gasteiger partial charge is 0.241 e. The molecule has 0 N–H and O–H groups in total. The van der Waals surface area contributed by atoms with Crippen LogP contribution >= 0.6 is 0 Å². The molecule has 2 amide bonds. The number of imide groups is 1. The fourth-order valence-electron chi connectivity index (χ4n) is 5.73. The van der Waals surface area contributed by atoms with Gasteiger partial charge in [0.1, 0.15) is 5.82 Å². The first-order valence-electron chi connectivity index (χ1n) is 11.9. The van der Waals surface area contributed by atoms with Gasteiger partial charge in [-0.25, -0.2) is 9.29 Å². The molecule has 0 radical (unpaired) electrons. The lowest BCUT2D eigenvalue weighted by Crippen LogP contribution is -2.51. The predicted octanol–water partition coefficient (Wildman–Crippen LogP) is 4.64. The molecule has 36 heavy (non-hydrogen) atoms. The van der Waals surface area contributed by atoms with E-state index in [0.717, 1.165) is 10.5 Å². The van der Waals surface area contributed by atoms with Gasteiger partial charge in [0.05, 0.1) is 23.6 Å². The number of fused-ring (bicyclic) bond motifs is 3.